The SMILES string of the molecule is Cc1n[nH]c(-c2ccc(S(=O)(=O)N(Cc3ccc(OC(F)(F)F)cc3)c3ncc4ccccc4c3C(F)(F)F)cn2)n1. The van der Waals surface area contributed by atoms with Gasteiger partial charge in [0, 0.05) is 17.8 Å². The molecule has 3 heterocycles. The number of pyridine rings is 2. The zero-order valence-electron chi connectivity index (χ0n) is 21.3. The van der Waals surface area contributed by atoms with Gasteiger partial charge in [0.2, 0.25) is 0 Å². The fraction of sp³-hybridized carbons (Fsp3) is 0.154. The highest BCUT2D eigenvalue weighted by atomic mass is 32.2. The van der Waals surface area contributed by atoms with Crippen molar-refractivity contribution in [3.8, 4) is 17.3 Å². The van der Waals surface area contributed by atoms with Crippen LogP contribution < -0.4 is 9.04 Å². The monoisotopic (exact) mass is 608 g/mol. The summed E-state index contributed by atoms with van der Waals surface area (Å²) in [5, 5.41) is 6.32. The number of ether oxygens (including phenoxy) is 1. The first-order valence-electron chi connectivity index (χ1n) is 11.9. The third kappa shape index (κ3) is 5.97. The summed E-state index contributed by atoms with van der Waals surface area (Å²) in [6, 6.07) is 11.9. The molecule has 0 saturated carbocycles. The van der Waals surface area contributed by atoms with Crippen LogP contribution in [0.2, 0.25) is 0 Å². The summed E-state index contributed by atoms with van der Waals surface area (Å²) in [5.74, 6) is -0.872. The smallest absolute Gasteiger partial charge is 0.406 e. The van der Waals surface area contributed by atoms with E-state index in [-0.39, 0.29) is 27.9 Å². The van der Waals surface area contributed by atoms with E-state index in [1.807, 2.05) is 0 Å². The lowest BCUT2D eigenvalue weighted by molar-refractivity contribution is -0.274. The maximum atomic E-state index is 14.5. The fourth-order valence-corrected chi connectivity index (χ4v) is 5.48. The number of H-pyrrole nitrogens is 1. The van der Waals surface area contributed by atoms with Gasteiger partial charge in [0.15, 0.2) is 11.6 Å². The van der Waals surface area contributed by atoms with E-state index in [1.165, 1.54) is 30.3 Å². The molecule has 0 fully saturated rings. The zero-order chi connectivity index (χ0) is 30.3. The van der Waals surface area contributed by atoms with Gasteiger partial charge in [-0.25, -0.2) is 22.7 Å². The number of benzene rings is 2. The highest BCUT2D eigenvalue weighted by molar-refractivity contribution is 7.92. The maximum absolute atomic E-state index is 14.5. The lowest BCUT2D eigenvalue weighted by Gasteiger charge is -2.27. The Balaban J connectivity index is 1.63. The molecule has 2 aromatic carbocycles. The van der Waals surface area contributed by atoms with Crippen LogP contribution in [-0.4, -0.2) is 39.9 Å². The van der Waals surface area contributed by atoms with Crippen LogP contribution in [0, 0.1) is 6.92 Å². The first-order chi connectivity index (χ1) is 19.7. The Bertz CT molecular complexity index is 1840. The number of fused-ring (bicyclic) bond motifs is 1. The van der Waals surface area contributed by atoms with Crippen molar-refractivity contribution in [1.29, 1.82) is 0 Å². The van der Waals surface area contributed by atoms with Gasteiger partial charge in [-0.15, -0.1) is 13.2 Å². The summed E-state index contributed by atoms with van der Waals surface area (Å²) >= 11 is 0. The van der Waals surface area contributed by atoms with Gasteiger partial charge in [0.1, 0.15) is 27.7 Å². The number of sulfonamides is 1. The lowest BCUT2D eigenvalue weighted by Crippen LogP contribution is -2.33. The maximum Gasteiger partial charge on any atom is 0.573 e. The van der Waals surface area contributed by atoms with E-state index < -0.39 is 51.1 Å². The van der Waals surface area contributed by atoms with Crippen LogP contribution in [0.4, 0.5) is 32.2 Å². The van der Waals surface area contributed by atoms with Gasteiger partial charge in [-0.2, -0.15) is 18.3 Å². The first-order valence-corrected chi connectivity index (χ1v) is 13.3. The molecule has 0 spiro atoms. The van der Waals surface area contributed by atoms with Gasteiger partial charge in [0.05, 0.1) is 6.54 Å². The summed E-state index contributed by atoms with van der Waals surface area (Å²) in [5.41, 5.74) is -1.03. The molecule has 0 amide bonds. The number of anilines is 1. The molecule has 9 nitrogen and oxygen atoms in total. The fourth-order valence-electron chi connectivity index (χ4n) is 4.12. The average molecular weight is 609 g/mol. The molecule has 0 unspecified atom stereocenters. The van der Waals surface area contributed by atoms with Crippen LogP contribution in [0.3, 0.4) is 0 Å². The van der Waals surface area contributed by atoms with Crippen molar-refractivity contribution in [2.24, 2.45) is 0 Å². The van der Waals surface area contributed by atoms with Gasteiger partial charge in [0.25, 0.3) is 10.0 Å². The normalized spacial score (nSPS) is 12.5. The minimum Gasteiger partial charge on any atom is -0.406 e. The van der Waals surface area contributed by atoms with E-state index >= 15 is 0 Å². The van der Waals surface area contributed by atoms with Crippen molar-refractivity contribution in [2.75, 3.05) is 4.31 Å². The number of halogens is 6. The molecule has 0 atom stereocenters. The highest BCUT2D eigenvalue weighted by Crippen LogP contribution is 2.42. The summed E-state index contributed by atoms with van der Waals surface area (Å²) < 4.78 is 113. The van der Waals surface area contributed by atoms with Crippen LogP contribution >= 0.6 is 0 Å². The Labute approximate surface area is 233 Å². The Hall–Kier alpha value is -4.73. The van der Waals surface area contributed by atoms with E-state index in [9.17, 15) is 34.8 Å². The third-order valence-corrected chi connectivity index (χ3v) is 7.67. The quantitative estimate of drug-likeness (QED) is 0.224. The molecule has 1 N–H and O–H groups in total. The van der Waals surface area contributed by atoms with Gasteiger partial charge >= 0.3 is 12.5 Å². The molecule has 218 valence electrons. The molecule has 5 rings (SSSR count). The second-order valence-electron chi connectivity index (χ2n) is 8.86. The Morgan fingerprint density at radius 3 is 2.21 bits per heavy atom. The van der Waals surface area contributed by atoms with Crippen LogP contribution in [0.1, 0.15) is 17.0 Å². The predicted octanol–water partition coefficient (Wildman–Crippen LogP) is 6.04. The highest BCUT2D eigenvalue weighted by Gasteiger charge is 2.41. The van der Waals surface area contributed by atoms with Crippen molar-refractivity contribution < 1.29 is 39.5 Å². The largest absolute Gasteiger partial charge is 0.573 e. The average Bonchev–Trinajstić information content (AvgIpc) is 3.37. The number of alkyl halides is 6. The second-order valence-corrected chi connectivity index (χ2v) is 10.7. The van der Waals surface area contributed by atoms with Crippen LogP contribution in [0.25, 0.3) is 22.3 Å². The number of nitrogens with zero attached hydrogens (tertiary/aromatic N) is 5. The topological polar surface area (TPSA) is 114 Å². The minimum atomic E-state index is -5.03. The summed E-state index contributed by atoms with van der Waals surface area (Å²) in [6.07, 6.45) is -7.95. The Kier molecular flexibility index (Phi) is 7.26. The number of hydrogen-bond donors (Lipinski definition) is 1. The molecule has 0 aliphatic heterocycles. The van der Waals surface area contributed by atoms with Gasteiger partial charge in [-0.05, 0) is 42.1 Å². The lowest BCUT2D eigenvalue weighted by atomic mass is 10.1. The molecule has 42 heavy (non-hydrogen) atoms. The molecule has 0 aliphatic rings. The Morgan fingerprint density at radius 2 is 1.62 bits per heavy atom. The third-order valence-electron chi connectivity index (χ3n) is 5.95. The van der Waals surface area contributed by atoms with Gasteiger partial charge < -0.3 is 4.74 Å². The Morgan fingerprint density at radius 1 is 0.905 bits per heavy atom. The molecule has 0 radical (unpaired) electrons. The van der Waals surface area contributed by atoms with Crippen molar-refractivity contribution in [2.45, 2.75) is 30.9 Å². The number of hydrogen-bond acceptors (Lipinski definition) is 7. The predicted molar refractivity (Wildman–Crippen MR) is 138 cm³/mol. The molecular weight excluding hydrogens is 590 g/mol. The summed E-state index contributed by atoms with van der Waals surface area (Å²) in [7, 11) is -4.79. The van der Waals surface area contributed by atoms with Gasteiger partial charge in [-0.3, -0.25) is 10.1 Å². The van der Waals surface area contributed by atoms with Crippen molar-refractivity contribution in [1.82, 2.24) is 25.1 Å². The standard InChI is InChI=1S/C26H18F6N6O3S/c1-15-35-23(37-36-15)21-11-10-19(13-33-21)42(39,40)38(14-16-6-8-18(9-7-16)41-26(30,31)32)24-22(25(27,28)29)20-5-3-2-4-17(20)12-34-24/h2-13H,14H2,1H3,(H,35,36,37). The van der Waals surface area contributed by atoms with Gasteiger partial charge in [-0.1, -0.05) is 36.4 Å². The van der Waals surface area contributed by atoms with Crippen LogP contribution in [-0.2, 0) is 22.7 Å². The molecule has 0 aliphatic carbocycles. The van der Waals surface area contributed by atoms with Crippen LogP contribution in [0.5, 0.6) is 5.75 Å². The number of nitrogens with one attached hydrogen (secondary N) is 1. The molecule has 3 aromatic heterocycles. The van der Waals surface area contributed by atoms with E-state index in [1.54, 1.807) is 6.92 Å². The van der Waals surface area contributed by atoms with E-state index in [0.717, 1.165) is 42.7 Å². The number of aromatic amines is 1. The minimum absolute atomic E-state index is 0.0536. The van der Waals surface area contributed by atoms with E-state index in [0.29, 0.717) is 10.1 Å². The van der Waals surface area contributed by atoms with Crippen molar-refractivity contribution >= 4 is 26.6 Å². The molecular formula is C26H18F6N6O3S. The summed E-state index contributed by atoms with van der Waals surface area (Å²) in [4.78, 5) is 11.6. The molecule has 0 bridgehead atoms. The van der Waals surface area contributed by atoms with Crippen molar-refractivity contribution in [3.05, 3.63) is 90.0 Å². The molecule has 5 aromatic rings. The van der Waals surface area contributed by atoms with Crippen LogP contribution in [0.15, 0.2) is 78.0 Å². The molecule has 0 saturated heterocycles. The number of aryl methyl sites for hydroxylation is 1. The van der Waals surface area contributed by atoms with Crippen molar-refractivity contribution in [3.63, 3.8) is 0 Å². The second kappa shape index (κ2) is 10.6. The first kappa shape index (κ1) is 28.8. The van der Waals surface area contributed by atoms with E-state index in [4.69, 9.17) is 0 Å². The number of rotatable bonds is 7. The number of aromatic nitrogens is 5. The van der Waals surface area contributed by atoms with E-state index in [2.05, 4.69) is 29.9 Å². The summed E-state index contributed by atoms with van der Waals surface area (Å²) in [6.45, 7) is 0.902. The molecule has 16 heteroatoms. The zero-order valence-corrected chi connectivity index (χ0v) is 22.1.